The first-order valence-corrected chi connectivity index (χ1v) is 15.1. The number of piperidine rings is 2. The summed E-state index contributed by atoms with van der Waals surface area (Å²) >= 11 is 5.99. The molecule has 3 aromatic rings. The summed E-state index contributed by atoms with van der Waals surface area (Å²) in [6, 6.07) is 21.5. The number of hydrogen-bond acceptors (Lipinski definition) is 5. The van der Waals surface area contributed by atoms with E-state index in [9.17, 15) is 13.2 Å². The fourth-order valence-corrected chi connectivity index (χ4v) is 7.29. The summed E-state index contributed by atoms with van der Waals surface area (Å²) in [5.74, 6) is 0.621. The number of nitrogen functional groups attached to an aromatic ring is 1. The first kappa shape index (κ1) is 26.7. The third-order valence-electron chi connectivity index (χ3n) is 7.97. The summed E-state index contributed by atoms with van der Waals surface area (Å²) in [6.45, 7) is 3.66. The lowest BCUT2D eigenvalue weighted by molar-refractivity contribution is 0.0553. The molecule has 0 aromatic heterocycles. The molecule has 0 unspecified atom stereocenters. The predicted molar refractivity (Wildman–Crippen MR) is 151 cm³/mol. The molecule has 2 saturated heterocycles. The van der Waals surface area contributed by atoms with Gasteiger partial charge in [-0.3, -0.25) is 4.79 Å². The molecule has 6 nitrogen and oxygen atoms in total. The van der Waals surface area contributed by atoms with Crippen LogP contribution < -0.4 is 5.73 Å². The maximum Gasteiger partial charge on any atom is 0.255 e. The molecular weight excluding hydrogens is 518 g/mol. The van der Waals surface area contributed by atoms with E-state index >= 15 is 0 Å². The van der Waals surface area contributed by atoms with Crippen LogP contribution >= 0.6 is 11.6 Å². The first-order chi connectivity index (χ1) is 18.3. The zero-order valence-corrected chi connectivity index (χ0v) is 23.0. The fourth-order valence-electron chi connectivity index (χ4n) is 5.73. The molecule has 0 aliphatic carbocycles. The largest absolute Gasteiger partial charge is 0.398 e. The number of halogens is 1. The van der Waals surface area contributed by atoms with Crippen molar-refractivity contribution in [2.75, 3.05) is 31.9 Å². The quantitative estimate of drug-likeness (QED) is 0.419. The Morgan fingerprint density at radius 1 is 0.842 bits per heavy atom. The zero-order chi connectivity index (χ0) is 26.7. The van der Waals surface area contributed by atoms with E-state index in [1.165, 1.54) is 11.6 Å². The number of sulfone groups is 1. The van der Waals surface area contributed by atoms with Crippen molar-refractivity contribution in [3.8, 4) is 0 Å². The molecule has 2 N–H and O–H groups in total. The van der Waals surface area contributed by atoms with Crippen molar-refractivity contribution in [2.45, 2.75) is 47.9 Å². The second-order valence-corrected chi connectivity index (χ2v) is 12.8. The average Bonchev–Trinajstić information content (AvgIpc) is 2.94. The molecule has 8 heteroatoms. The number of carbonyl (C=O) groups is 1. The number of para-hydroxylation sites is 1. The van der Waals surface area contributed by atoms with Gasteiger partial charge in [-0.15, -0.1) is 0 Å². The third kappa shape index (κ3) is 5.90. The minimum Gasteiger partial charge on any atom is -0.398 e. The summed E-state index contributed by atoms with van der Waals surface area (Å²) in [7, 11) is -3.58. The van der Waals surface area contributed by atoms with Crippen molar-refractivity contribution in [3.05, 3.63) is 88.9 Å². The van der Waals surface area contributed by atoms with Crippen LogP contribution in [0.2, 0.25) is 5.02 Å². The van der Waals surface area contributed by atoms with E-state index in [-0.39, 0.29) is 15.7 Å². The van der Waals surface area contributed by atoms with Crippen molar-refractivity contribution in [1.82, 2.24) is 9.80 Å². The summed E-state index contributed by atoms with van der Waals surface area (Å²) < 4.78 is 25.9. The molecule has 2 aliphatic heterocycles. The highest BCUT2D eigenvalue weighted by Crippen LogP contribution is 2.28. The van der Waals surface area contributed by atoms with Crippen molar-refractivity contribution in [3.63, 3.8) is 0 Å². The monoisotopic (exact) mass is 551 g/mol. The second kappa shape index (κ2) is 11.5. The normalized spacial score (nSPS) is 18.0. The Morgan fingerprint density at radius 2 is 1.53 bits per heavy atom. The Hall–Kier alpha value is -2.87. The Balaban J connectivity index is 1.10. The number of amides is 1. The maximum absolute atomic E-state index is 12.9. The lowest BCUT2D eigenvalue weighted by Gasteiger charge is -2.42. The Labute approximate surface area is 230 Å². The van der Waals surface area contributed by atoms with Gasteiger partial charge in [-0.2, -0.15) is 0 Å². The van der Waals surface area contributed by atoms with E-state index in [0.717, 1.165) is 58.3 Å². The molecule has 2 fully saturated rings. The Bertz CT molecular complexity index is 1380. The molecule has 200 valence electrons. The van der Waals surface area contributed by atoms with Crippen LogP contribution in [0.4, 0.5) is 5.69 Å². The molecule has 0 spiro atoms. The van der Waals surface area contributed by atoms with Crippen LogP contribution in [-0.4, -0.2) is 56.3 Å². The standard InChI is InChI=1S/C30H34ClN3O3S/c31-24-4-3-5-27(21-24)38(36,37)26-10-8-22(9-11-26)20-23-12-16-33(17-13-23)25-14-18-34(19-15-25)30(35)28-6-1-2-7-29(28)32/h1-11,21,23,25H,12-20,32H2. The van der Waals surface area contributed by atoms with Gasteiger partial charge < -0.3 is 15.5 Å². The van der Waals surface area contributed by atoms with Gasteiger partial charge in [-0.1, -0.05) is 41.9 Å². The minimum absolute atomic E-state index is 0.0339. The predicted octanol–water partition coefficient (Wildman–Crippen LogP) is 5.31. The van der Waals surface area contributed by atoms with Gasteiger partial charge in [0.15, 0.2) is 0 Å². The van der Waals surface area contributed by atoms with Gasteiger partial charge in [0.2, 0.25) is 9.84 Å². The van der Waals surface area contributed by atoms with Gasteiger partial charge in [0.1, 0.15) is 0 Å². The van der Waals surface area contributed by atoms with Crippen molar-refractivity contribution < 1.29 is 13.2 Å². The van der Waals surface area contributed by atoms with Crippen molar-refractivity contribution >= 4 is 33.0 Å². The van der Waals surface area contributed by atoms with Crippen molar-refractivity contribution in [2.24, 2.45) is 5.92 Å². The van der Waals surface area contributed by atoms with Crippen molar-refractivity contribution in [1.29, 1.82) is 0 Å². The lowest BCUT2D eigenvalue weighted by atomic mass is 9.88. The van der Waals surface area contributed by atoms with Gasteiger partial charge in [-0.25, -0.2) is 8.42 Å². The van der Waals surface area contributed by atoms with Gasteiger partial charge in [0, 0.05) is 29.8 Å². The molecule has 0 atom stereocenters. The molecule has 1 amide bonds. The molecule has 3 aromatic carbocycles. The average molecular weight is 552 g/mol. The smallest absolute Gasteiger partial charge is 0.255 e. The molecule has 0 saturated carbocycles. The molecule has 0 radical (unpaired) electrons. The Morgan fingerprint density at radius 3 is 2.18 bits per heavy atom. The molecule has 2 heterocycles. The van der Waals surface area contributed by atoms with Crippen LogP contribution in [0.15, 0.2) is 82.6 Å². The van der Waals surface area contributed by atoms with Crippen LogP contribution in [0, 0.1) is 5.92 Å². The van der Waals surface area contributed by atoms with Crippen LogP contribution in [0.5, 0.6) is 0 Å². The van der Waals surface area contributed by atoms with E-state index in [4.69, 9.17) is 17.3 Å². The number of nitrogens with zero attached hydrogens (tertiary/aromatic N) is 2. The van der Waals surface area contributed by atoms with Gasteiger partial charge in [0.25, 0.3) is 5.91 Å². The van der Waals surface area contributed by atoms with Crippen LogP contribution in [-0.2, 0) is 16.3 Å². The van der Waals surface area contributed by atoms with Gasteiger partial charge in [-0.05, 0) is 99.1 Å². The molecule has 0 bridgehead atoms. The highest BCUT2D eigenvalue weighted by atomic mass is 35.5. The van der Waals surface area contributed by atoms with E-state index < -0.39 is 9.84 Å². The maximum atomic E-state index is 12.9. The molecule has 5 rings (SSSR count). The SMILES string of the molecule is Nc1ccccc1C(=O)N1CCC(N2CCC(Cc3ccc(S(=O)(=O)c4cccc(Cl)c4)cc3)CC2)CC1. The number of nitrogens with two attached hydrogens (primary N) is 1. The number of hydrogen-bond donors (Lipinski definition) is 1. The lowest BCUT2D eigenvalue weighted by Crippen LogP contribution is -2.49. The highest BCUT2D eigenvalue weighted by Gasteiger charge is 2.30. The minimum atomic E-state index is -3.58. The van der Waals surface area contributed by atoms with Crippen LogP contribution in [0.3, 0.4) is 0 Å². The number of benzene rings is 3. The fraction of sp³-hybridized carbons (Fsp3) is 0.367. The highest BCUT2D eigenvalue weighted by molar-refractivity contribution is 7.91. The van der Waals surface area contributed by atoms with E-state index in [2.05, 4.69) is 4.90 Å². The van der Waals surface area contributed by atoms with E-state index in [1.807, 2.05) is 29.2 Å². The number of carbonyl (C=O) groups excluding carboxylic acids is 1. The summed E-state index contributed by atoms with van der Waals surface area (Å²) in [5.41, 5.74) is 8.32. The van der Waals surface area contributed by atoms with E-state index in [0.29, 0.717) is 28.2 Å². The van der Waals surface area contributed by atoms with Crippen LogP contribution in [0.25, 0.3) is 0 Å². The molecule has 2 aliphatic rings. The summed E-state index contributed by atoms with van der Waals surface area (Å²) in [4.78, 5) is 17.9. The zero-order valence-electron chi connectivity index (χ0n) is 21.4. The number of anilines is 1. The Kier molecular flexibility index (Phi) is 8.07. The molecule has 38 heavy (non-hydrogen) atoms. The van der Waals surface area contributed by atoms with Gasteiger partial charge in [0.05, 0.1) is 15.4 Å². The van der Waals surface area contributed by atoms with Gasteiger partial charge >= 0.3 is 0 Å². The van der Waals surface area contributed by atoms with E-state index in [1.54, 1.807) is 42.5 Å². The first-order valence-electron chi connectivity index (χ1n) is 13.3. The summed E-state index contributed by atoms with van der Waals surface area (Å²) in [6.07, 6.45) is 5.19. The molecular formula is C30H34ClN3O3S. The second-order valence-electron chi connectivity index (χ2n) is 10.4. The summed E-state index contributed by atoms with van der Waals surface area (Å²) in [5, 5.41) is 0.408. The third-order valence-corrected chi connectivity index (χ3v) is 9.98. The number of likely N-dealkylation sites (tertiary alicyclic amines) is 2. The van der Waals surface area contributed by atoms with Crippen LogP contribution in [0.1, 0.15) is 41.6 Å². The topological polar surface area (TPSA) is 83.7 Å². The number of rotatable bonds is 6.